The van der Waals surface area contributed by atoms with E-state index in [4.69, 9.17) is 10.1 Å². The van der Waals surface area contributed by atoms with Gasteiger partial charge in [-0.25, -0.2) is 18.2 Å². The van der Waals surface area contributed by atoms with Gasteiger partial charge in [-0.1, -0.05) is 6.07 Å². The van der Waals surface area contributed by atoms with E-state index in [1.165, 1.54) is 0 Å². The van der Waals surface area contributed by atoms with Gasteiger partial charge in [0, 0.05) is 5.69 Å². The Balaban J connectivity index is 1.86. The highest BCUT2D eigenvalue weighted by molar-refractivity contribution is 6.29. The molecule has 1 aliphatic rings. The van der Waals surface area contributed by atoms with E-state index in [1.807, 2.05) is 19.1 Å². The second kappa shape index (κ2) is 8.22. The van der Waals surface area contributed by atoms with Gasteiger partial charge >= 0.3 is 0 Å². The lowest BCUT2D eigenvalue weighted by molar-refractivity contribution is -0.113. The number of hydrogen-bond acceptors (Lipinski definition) is 4. The first-order valence-electron chi connectivity index (χ1n) is 8.34. The number of amides is 1. The van der Waals surface area contributed by atoms with Gasteiger partial charge in [-0.05, 0) is 47.4 Å². The molecule has 1 heterocycles. The summed E-state index contributed by atoms with van der Waals surface area (Å²) in [6, 6.07) is 5.47. The van der Waals surface area contributed by atoms with Crippen LogP contribution in [0, 0.1) is 29.8 Å². The molecule has 0 spiro atoms. The number of nitrogens with one attached hydrogen (secondary N) is 3. The largest absolute Gasteiger partial charge is 0.372 e. The molecule has 1 amide bonds. The first-order chi connectivity index (χ1) is 13.4. The summed E-state index contributed by atoms with van der Waals surface area (Å²) in [4.78, 5) is 15.7. The van der Waals surface area contributed by atoms with E-state index >= 15 is 0 Å². The molecule has 0 radical (unpaired) electrons. The first-order valence-corrected chi connectivity index (χ1v) is 8.34. The lowest BCUT2D eigenvalue weighted by atomic mass is 10.1. The Bertz CT molecular complexity index is 953. The van der Waals surface area contributed by atoms with Crippen molar-refractivity contribution in [2.75, 3.05) is 5.32 Å². The van der Waals surface area contributed by atoms with Crippen molar-refractivity contribution in [2.24, 2.45) is 4.99 Å². The molecule has 28 heavy (non-hydrogen) atoms. The van der Waals surface area contributed by atoms with E-state index in [9.17, 15) is 18.0 Å². The Labute approximate surface area is 158 Å². The number of rotatable bonds is 4. The second-order valence-electron chi connectivity index (χ2n) is 6.23. The van der Waals surface area contributed by atoms with E-state index in [-0.39, 0.29) is 18.1 Å². The maximum Gasteiger partial charge on any atom is 0.268 e. The topological polar surface area (TPSA) is 86.6 Å². The van der Waals surface area contributed by atoms with Gasteiger partial charge in [0.15, 0.2) is 17.5 Å². The molecule has 2 aromatic rings. The predicted octanol–water partition coefficient (Wildman–Crippen LogP) is 3.18. The maximum atomic E-state index is 13.4. The van der Waals surface area contributed by atoms with Crippen LogP contribution in [0.4, 0.5) is 18.9 Å². The molecule has 0 aromatic heterocycles. The van der Waals surface area contributed by atoms with Gasteiger partial charge in [0.25, 0.3) is 5.91 Å². The summed E-state index contributed by atoms with van der Waals surface area (Å²) < 4.78 is 45.2. The average molecular weight is 390 g/mol. The normalized spacial score (nSPS) is 13.2. The summed E-state index contributed by atoms with van der Waals surface area (Å²) in [5, 5.41) is 12.4. The van der Waals surface area contributed by atoms with Crippen LogP contribution in [-0.2, 0) is 29.3 Å². The molecule has 9 heteroatoms. The molecule has 2 aromatic carbocycles. The summed E-state index contributed by atoms with van der Waals surface area (Å²) in [6.45, 7) is 2.64. The molecular weight excluding hydrogens is 373 g/mol. The molecule has 3 rings (SSSR count). The van der Waals surface area contributed by atoms with Crippen LogP contribution in [0.3, 0.4) is 0 Å². The summed E-state index contributed by atoms with van der Waals surface area (Å²) >= 11 is 0. The number of aryl methyl sites for hydroxylation is 1. The quantitative estimate of drug-likeness (QED) is 0.426. The molecular formula is C19H17F3N4O2. The van der Waals surface area contributed by atoms with Crippen molar-refractivity contribution in [3.05, 3.63) is 64.0 Å². The third kappa shape index (κ3) is 4.37. The van der Waals surface area contributed by atoms with Crippen molar-refractivity contribution >= 4 is 23.8 Å². The number of hydrogen-bond donors (Lipinski definition) is 3. The zero-order valence-electron chi connectivity index (χ0n) is 14.9. The van der Waals surface area contributed by atoms with E-state index in [0.717, 1.165) is 28.8 Å². The number of anilines is 1. The Kier molecular flexibility index (Phi) is 5.74. The molecule has 0 fully saturated rings. The smallest absolute Gasteiger partial charge is 0.268 e. The van der Waals surface area contributed by atoms with Gasteiger partial charge in [0.05, 0.1) is 26.0 Å². The van der Waals surface area contributed by atoms with Gasteiger partial charge in [-0.3, -0.25) is 10.1 Å². The van der Waals surface area contributed by atoms with Crippen molar-refractivity contribution in [3.8, 4) is 0 Å². The molecule has 0 saturated heterocycles. The third-order valence-corrected chi connectivity index (χ3v) is 4.15. The molecule has 0 bridgehead atoms. The van der Waals surface area contributed by atoms with Gasteiger partial charge in [0.1, 0.15) is 0 Å². The summed E-state index contributed by atoms with van der Waals surface area (Å²) in [5.74, 6) is -4.94. The Morgan fingerprint density at radius 1 is 1.18 bits per heavy atom. The Morgan fingerprint density at radius 3 is 2.46 bits per heavy atom. The number of benzene rings is 2. The monoisotopic (exact) mass is 390 g/mol. The zero-order chi connectivity index (χ0) is 20.3. The lowest BCUT2D eigenvalue weighted by Gasteiger charge is -2.14. The molecule has 3 N–H and O–H groups in total. The SMILES string of the molecule is Cc1cc2c(cc1NC(=NCc1cc(F)c(F)c(F)c1)NC(=O)C=N)COC2. The summed E-state index contributed by atoms with van der Waals surface area (Å²) in [7, 11) is 0. The number of halogens is 3. The fourth-order valence-corrected chi connectivity index (χ4v) is 2.75. The van der Waals surface area contributed by atoms with Gasteiger partial charge in [0.2, 0.25) is 5.96 Å². The summed E-state index contributed by atoms with van der Waals surface area (Å²) in [6.07, 6.45) is 0.567. The van der Waals surface area contributed by atoms with E-state index in [0.29, 0.717) is 25.1 Å². The van der Waals surface area contributed by atoms with Crippen LogP contribution in [0.5, 0.6) is 0 Å². The molecule has 6 nitrogen and oxygen atoms in total. The highest BCUT2D eigenvalue weighted by Gasteiger charge is 2.15. The number of fused-ring (bicyclic) bond motifs is 1. The number of carbonyl (C=O) groups is 1. The zero-order valence-corrected chi connectivity index (χ0v) is 14.9. The van der Waals surface area contributed by atoms with Crippen LogP contribution in [0.25, 0.3) is 0 Å². The van der Waals surface area contributed by atoms with Crippen molar-refractivity contribution in [2.45, 2.75) is 26.7 Å². The number of nitrogens with zero attached hydrogens (tertiary/aromatic N) is 1. The van der Waals surface area contributed by atoms with Crippen molar-refractivity contribution in [1.82, 2.24) is 5.32 Å². The standard InChI is InChI=1S/C19H17F3N4O2/c1-10-2-12-8-28-9-13(12)5-16(10)25-19(26-17(27)6-23)24-7-11-3-14(20)18(22)15(21)4-11/h2-6,23H,7-9H2,1H3,(H2,24,25,26,27). The maximum absolute atomic E-state index is 13.4. The molecule has 0 saturated carbocycles. The molecule has 1 aliphatic heterocycles. The number of guanidine groups is 1. The molecule has 0 aliphatic carbocycles. The fourth-order valence-electron chi connectivity index (χ4n) is 2.75. The highest BCUT2D eigenvalue weighted by Crippen LogP contribution is 2.26. The van der Waals surface area contributed by atoms with Crippen molar-refractivity contribution < 1.29 is 22.7 Å². The average Bonchev–Trinajstić information content (AvgIpc) is 3.11. The summed E-state index contributed by atoms with van der Waals surface area (Å²) in [5.41, 5.74) is 3.68. The lowest BCUT2D eigenvalue weighted by Crippen LogP contribution is -2.36. The fraction of sp³-hybridized carbons (Fsp3) is 0.211. The number of ether oxygens (including phenoxy) is 1. The molecule has 0 unspecified atom stereocenters. The number of aliphatic imine (C=N–C) groups is 1. The van der Waals surface area contributed by atoms with Crippen LogP contribution < -0.4 is 10.6 Å². The third-order valence-electron chi connectivity index (χ3n) is 4.15. The second-order valence-corrected chi connectivity index (χ2v) is 6.23. The van der Waals surface area contributed by atoms with Crippen molar-refractivity contribution in [3.63, 3.8) is 0 Å². The van der Waals surface area contributed by atoms with Crippen LogP contribution in [0.15, 0.2) is 29.3 Å². The minimum atomic E-state index is -1.56. The van der Waals surface area contributed by atoms with E-state index in [1.54, 1.807) is 0 Å². The van der Waals surface area contributed by atoms with Crippen LogP contribution in [0.1, 0.15) is 22.3 Å². The van der Waals surface area contributed by atoms with Gasteiger partial charge < -0.3 is 15.5 Å². The minimum absolute atomic E-state index is 0.0133. The van der Waals surface area contributed by atoms with Gasteiger partial charge in [-0.15, -0.1) is 0 Å². The Morgan fingerprint density at radius 2 is 1.82 bits per heavy atom. The molecule has 0 atom stereocenters. The highest BCUT2D eigenvalue weighted by atomic mass is 19.2. The Hall–Kier alpha value is -3.20. The predicted molar refractivity (Wildman–Crippen MR) is 97.7 cm³/mol. The van der Waals surface area contributed by atoms with Crippen LogP contribution >= 0.6 is 0 Å². The minimum Gasteiger partial charge on any atom is -0.372 e. The number of carbonyl (C=O) groups excluding carboxylic acids is 1. The van der Waals surface area contributed by atoms with Crippen LogP contribution in [0.2, 0.25) is 0 Å². The van der Waals surface area contributed by atoms with E-state index in [2.05, 4.69) is 15.6 Å². The molecule has 146 valence electrons. The van der Waals surface area contributed by atoms with Gasteiger partial charge in [-0.2, -0.15) is 0 Å². The van der Waals surface area contributed by atoms with E-state index < -0.39 is 23.4 Å². The van der Waals surface area contributed by atoms with Crippen molar-refractivity contribution in [1.29, 1.82) is 5.41 Å². The van der Waals surface area contributed by atoms with Crippen LogP contribution in [-0.4, -0.2) is 18.1 Å². The first kappa shape index (κ1) is 19.6.